The van der Waals surface area contributed by atoms with Gasteiger partial charge >= 0.3 is 5.97 Å². The number of carboxylic acids is 1. The second-order valence-corrected chi connectivity index (χ2v) is 6.33. The summed E-state index contributed by atoms with van der Waals surface area (Å²) in [7, 11) is -3.86. The smallest absolute Gasteiger partial charge is 0.336 e. The molecule has 8 heteroatoms. The van der Waals surface area contributed by atoms with E-state index in [1.165, 1.54) is 24.5 Å². The Balaban J connectivity index is 2.40. The Morgan fingerprint density at radius 2 is 2.05 bits per heavy atom. The Labute approximate surface area is 123 Å². The number of halogens is 1. The molecule has 1 aromatic heterocycles. The van der Waals surface area contributed by atoms with Crippen molar-refractivity contribution < 1.29 is 18.3 Å². The summed E-state index contributed by atoms with van der Waals surface area (Å²) in [4.78, 5) is 14.7. The van der Waals surface area contributed by atoms with Crippen LogP contribution in [0.15, 0.2) is 52.1 Å². The highest BCUT2D eigenvalue weighted by Gasteiger charge is 2.18. The monoisotopic (exact) mass is 356 g/mol. The van der Waals surface area contributed by atoms with Gasteiger partial charge in [0.15, 0.2) is 0 Å². The molecular weight excluding hydrogens is 348 g/mol. The van der Waals surface area contributed by atoms with Crippen LogP contribution >= 0.6 is 15.9 Å². The van der Waals surface area contributed by atoms with Gasteiger partial charge in [-0.15, -0.1) is 0 Å². The molecule has 0 aliphatic carbocycles. The van der Waals surface area contributed by atoms with Crippen LogP contribution in [0.25, 0.3) is 0 Å². The Morgan fingerprint density at radius 3 is 2.65 bits per heavy atom. The standard InChI is InChI=1S/C12H9BrN2O4S/c13-11-4-3-9(6-10(11)12(16)17)20(18,19)15-8-2-1-5-14-7-8/h1-7,15H,(H,16,17). The first-order valence-corrected chi connectivity index (χ1v) is 7.63. The molecule has 0 aliphatic heterocycles. The van der Waals surface area contributed by atoms with Crippen LogP contribution < -0.4 is 4.72 Å². The van der Waals surface area contributed by atoms with Crippen LogP contribution in [0, 0.1) is 0 Å². The molecule has 6 nitrogen and oxygen atoms in total. The minimum Gasteiger partial charge on any atom is -0.478 e. The van der Waals surface area contributed by atoms with Crippen LogP contribution in [0.4, 0.5) is 5.69 Å². The van der Waals surface area contributed by atoms with Gasteiger partial charge in [-0.1, -0.05) is 0 Å². The topological polar surface area (TPSA) is 96.4 Å². The Hall–Kier alpha value is -1.93. The van der Waals surface area contributed by atoms with Gasteiger partial charge in [0, 0.05) is 10.7 Å². The van der Waals surface area contributed by atoms with Crippen LogP contribution in [0.5, 0.6) is 0 Å². The van der Waals surface area contributed by atoms with Gasteiger partial charge in [0.2, 0.25) is 0 Å². The van der Waals surface area contributed by atoms with Crippen molar-refractivity contribution in [1.29, 1.82) is 0 Å². The van der Waals surface area contributed by atoms with Crippen molar-refractivity contribution in [1.82, 2.24) is 4.98 Å². The van der Waals surface area contributed by atoms with E-state index >= 15 is 0 Å². The van der Waals surface area contributed by atoms with E-state index in [1.54, 1.807) is 12.1 Å². The van der Waals surface area contributed by atoms with E-state index in [4.69, 9.17) is 5.11 Å². The number of pyridine rings is 1. The van der Waals surface area contributed by atoms with Crippen LogP contribution in [0.2, 0.25) is 0 Å². The van der Waals surface area contributed by atoms with Crippen molar-refractivity contribution in [3.63, 3.8) is 0 Å². The van der Waals surface area contributed by atoms with Gasteiger partial charge < -0.3 is 5.11 Å². The molecule has 0 aliphatic rings. The number of aromatic nitrogens is 1. The summed E-state index contributed by atoms with van der Waals surface area (Å²) in [5.41, 5.74) is 0.173. The lowest BCUT2D eigenvalue weighted by Crippen LogP contribution is -2.14. The Kier molecular flexibility index (Phi) is 4.05. The lowest BCUT2D eigenvalue weighted by molar-refractivity contribution is 0.0695. The average Bonchev–Trinajstić information content (AvgIpc) is 2.39. The van der Waals surface area contributed by atoms with Gasteiger partial charge in [-0.2, -0.15) is 0 Å². The number of anilines is 1. The Morgan fingerprint density at radius 1 is 1.30 bits per heavy atom. The third kappa shape index (κ3) is 3.14. The fourth-order valence-corrected chi connectivity index (χ4v) is 2.96. The maximum atomic E-state index is 12.1. The third-order valence-electron chi connectivity index (χ3n) is 2.39. The lowest BCUT2D eigenvalue weighted by atomic mass is 10.2. The number of sulfonamides is 1. The number of aromatic carboxylic acids is 1. The number of hydrogen-bond donors (Lipinski definition) is 2. The fourth-order valence-electron chi connectivity index (χ4n) is 1.47. The van der Waals surface area contributed by atoms with Gasteiger partial charge in [0.1, 0.15) is 0 Å². The number of carbonyl (C=O) groups is 1. The number of rotatable bonds is 4. The van der Waals surface area contributed by atoms with Crippen LogP contribution in [0.3, 0.4) is 0 Å². The Bertz CT molecular complexity index is 747. The highest BCUT2D eigenvalue weighted by atomic mass is 79.9. The van der Waals surface area contributed by atoms with Gasteiger partial charge in [-0.25, -0.2) is 13.2 Å². The molecule has 1 heterocycles. The highest BCUT2D eigenvalue weighted by Crippen LogP contribution is 2.22. The molecule has 20 heavy (non-hydrogen) atoms. The molecule has 0 saturated carbocycles. The van der Waals surface area contributed by atoms with Gasteiger partial charge in [0.05, 0.1) is 22.3 Å². The first kappa shape index (κ1) is 14.5. The van der Waals surface area contributed by atoms with E-state index in [-0.39, 0.29) is 10.5 Å². The quantitative estimate of drug-likeness (QED) is 0.876. The maximum Gasteiger partial charge on any atom is 0.336 e. The number of benzene rings is 1. The van der Waals surface area contributed by atoms with E-state index in [0.717, 1.165) is 6.07 Å². The van der Waals surface area contributed by atoms with Gasteiger partial charge in [-0.05, 0) is 46.3 Å². The van der Waals surface area contributed by atoms with Crippen molar-refractivity contribution in [2.24, 2.45) is 0 Å². The molecule has 0 spiro atoms. The molecule has 0 bridgehead atoms. The molecule has 0 radical (unpaired) electrons. The second-order valence-electron chi connectivity index (χ2n) is 3.79. The summed E-state index contributed by atoms with van der Waals surface area (Å²) in [5, 5.41) is 8.99. The van der Waals surface area contributed by atoms with E-state index < -0.39 is 16.0 Å². The number of nitrogens with zero attached hydrogens (tertiary/aromatic N) is 1. The molecule has 2 aromatic rings. The average molecular weight is 357 g/mol. The molecular formula is C12H9BrN2O4S. The van der Waals surface area contributed by atoms with Crippen molar-refractivity contribution in [3.8, 4) is 0 Å². The van der Waals surface area contributed by atoms with E-state index in [1.807, 2.05) is 0 Å². The molecule has 0 unspecified atom stereocenters. The molecule has 0 atom stereocenters. The molecule has 2 rings (SSSR count). The van der Waals surface area contributed by atoms with E-state index in [9.17, 15) is 13.2 Å². The summed E-state index contributed by atoms with van der Waals surface area (Å²) >= 11 is 3.06. The summed E-state index contributed by atoms with van der Waals surface area (Å²) in [6.45, 7) is 0. The highest BCUT2D eigenvalue weighted by molar-refractivity contribution is 9.10. The van der Waals surface area contributed by atoms with Crippen molar-refractivity contribution >= 4 is 37.6 Å². The summed E-state index contributed by atoms with van der Waals surface area (Å²) in [5.74, 6) is -1.21. The predicted molar refractivity (Wildman–Crippen MR) is 76.1 cm³/mol. The summed E-state index contributed by atoms with van der Waals surface area (Å²) in [6.07, 6.45) is 2.87. The molecule has 0 saturated heterocycles. The summed E-state index contributed by atoms with van der Waals surface area (Å²) < 4.78 is 26.9. The number of hydrogen-bond acceptors (Lipinski definition) is 4. The maximum absolute atomic E-state index is 12.1. The minimum atomic E-state index is -3.86. The van der Waals surface area contributed by atoms with Crippen LogP contribution in [-0.2, 0) is 10.0 Å². The molecule has 104 valence electrons. The zero-order valence-electron chi connectivity index (χ0n) is 9.95. The molecule has 1 aromatic carbocycles. The second kappa shape index (κ2) is 5.59. The minimum absolute atomic E-state index is 0.126. The van der Waals surface area contributed by atoms with Crippen molar-refractivity contribution in [3.05, 3.63) is 52.8 Å². The van der Waals surface area contributed by atoms with Gasteiger partial charge in [0.25, 0.3) is 10.0 Å². The molecule has 0 fully saturated rings. The number of carboxylic acid groups (broad SMARTS) is 1. The third-order valence-corrected chi connectivity index (χ3v) is 4.46. The normalized spacial score (nSPS) is 11.1. The van der Waals surface area contributed by atoms with Crippen LogP contribution in [-0.4, -0.2) is 24.5 Å². The first-order chi connectivity index (χ1) is 9.40. The first-order valence-electron chi connectivity index (χ1n) is 5.36. The van der Waals surface area contributed by atoms with E-state index in [0.29, 0.717) is 10.2 Å². The molecule has 2 N–H and O–H groups in total. The van der Waals surface area contributed by atoms with Crippen molar-refractivity contribution in [2.75, 3.05) is 4.72 Å². The largest absolute Gasteiger partial charge is 0.478 e. The predicted octanol–water partition coefficient (Wildman–Crippen LogP) is 2.34. The van der Waals surface area contributed by atoms with E-state index in [2.05, 4.69) is 25.6 Å². The summed E-state index contributed by atoms with van der Waals surface area (Å²) in [6, 6.07) is 6.91. The van der Waals surface area contributed by atoms with Crippen molar-refractivity contribution in [2.45, 2.75) is 4.90 Å². The zero-order valence-corrected chi connectivity index (χ0v) is 12.3. The lowest BCUT2D eigenvalue weighted by Gasteiger charge is -2.08. The number of nitrogens with one attached hydrogen (secondary N) is 1. The van der Waals surface area contributed by atoms with Crippen LogP contribution in [0.1, 0.15) is 10.4 Å². The SMILES string of the molecule is O=C(O)c1cc(S(=O)(=O)Nc2cccnc2)ccc1Br. The zero-order chi connectivity index (χ0) is 14.8. The van der Waals surface area contributed by atoms with Gasteiger partial charge in [-0.3, -0.25) is 9.71 Å². The molecule has 0 amide bonds. The fraction of sp³-hybridized carbons (Fsp3) is 0.